The van der Waals surface area contributed by atoms with E-state index >= 15 is 0 Å². The lowest BCUT2D eigenvalue weighted by atomic mass is 9.74. The maximum Gasteiger partial charge on any atom is 0.240 e. The Morgan fingerprint density at radius 3 is 2.47 bits per heavy atom. The fraction of sp³-hybridized carbons (Fsp3) is 0.867. The molecule has 0 spiro atoms. The summed E-state index contributed by atoms with van der Waals surface area (Å²) in [6, 6.07) is 2.67. The van der Waals surface area contributed by atoms with Gasteiger partial charge in [0.05, 0.1) is 6.07 Å². The molecule has 1 aliphatic carbocycles. The molecule has 1 heterocycles. The van der Waals surface area contributed by atoms with Crippen LogP contribution in [0.4, 0.5) is 0 Å². The van der Waals surface area contributed by atoms with E-state index in [1.54, 1.807) is 0 Å². The van der Waals surface area contributed by atoms with Crippen molar-refractivity contribution in [1.82, 2.24) is 10.2 Å². The first kappa shape index (κ1) is 14.3. The zero-order chi connectivity index (χ0) is 13.7. The first-order chi connectivity index (χ1) is 9.18. The topological polar surface area (TPSA) is 56.1 Å². The summed E-state index contributed by atoms with van der Waals surface area (Å²) >= 11 is 0. The summed E-state index contributed by atoms with van der Waals surface area (Å²) in [7, 11) is 0. The van der Waals surface area contributed by atoms with Gasteiger partial charge >= 0.3 is 0 Å². The minimum Gasteiger partial charge on any atom is -0.353 e. The van der Waals surface area contributed by atoms with Crippen molar-refractivity contribution >= 4 is 5.91 Å². The van der Waals surface area contributed by atoms with Crippen LogP contribution in [0.2, 0.25) is 0 Å². The highest BCUT2D eigenvalue weighted by Gasteiger charge is 2.39. The minimum atomic E-state index is -0.747. The van der Waals surface area contributed by atoms with Gasteiger partial charge in [-0.05, 0) is 45.7 Å². The van der Waals surface area contributed by atoms with Gasteiger partial charge in [0.15, 0.2) is 0 Å². The lowest BCUT2D eigenvalue weighted by Gasteiger charge is -2.31. The molecular formula is C15H25N3O. The highest BCUT2D eigenvalue weighted by atomic mass is 16.2. The van der Waals surface area contributed by atoms with Crippen molar-refractivity contribution in [3.63, 3.8) is 0 Å². The van der Waals surface area contributed by atoms with Crippen LogP contribution in [0, 0.1) is 16.7 Å². The largest absolute Gasteiger partial charge is 0.353 e. The molecule has 4 nitrogen and oxygen atoms in total. The van der Waals surface area contributed by atoms with Crippen molar-refractivity contribution in [2.24, 2.45) is 5.41 Å². The summed E-state index contributed by atoms with van der Waals surface area (Å²) in [5.74, 6) is -0.0410. The third kappa shape index (κ3) is 3.27. The number of carbonyl (C=O) groups is 1. The summed E-state index contributed by atoms with van der Waals surface area (Å²) < 4.78 is 0. The number of nitrogens with one attached hydrogen (secondary N) is 1. The van der Waals surface area contributed by atoms with Gasteiger partial charge < -0.3 is 5.32 Å². The van der Waals surface area contributed by atoms with E-state index in [0.29, 0.717) is 12.6 Å². The van der Waals surface area contributed by atoms with E-state index in [9.17, 15) is 10.1 Å². The number of hydrogen-bond donors (Lipinski definition) is 1. The Hall–Kier alpha value is -1.08. The Morgan fingerprint density at radius 1 is 1.26 bits per heavy atom. The molecule has 1 atom stereocenters. The lowest BCUT2D eigenvalue weighted by molar-refractivity contribution is -0.129. The number of amides is 1. The molecule has 0 aromatic heterocycles. The molecule has 1 saturated carbocycles. The highest BCUT2D eigenvalue weighted by Crippen LogP contribution is 2.35. The molecule has 0 aromatic rings. The van der Waals surface area contributed by atoms with Gasteiger partial charge in [0.2, 0.25) is 5.91 Å². The Bertz CT molecular complexity index is 349. The minimum absolute atomic E-state index is 0.0410. The van der Waals surface area contributed by atoms with E-state index in [2.05, 4.69) is 23.2 Å². The van der Waals surface area contributed by atoms with Crippen LogP contribution in [0.15, 0.2) is 0 Å². The van der Waals surface area contributed by atoms with E-state index in [1.165, 1.54) is 12.8 Å². The zero-order valence-electron chi connectivity index (χ0n) is 12.0. The van der Waals surface area contributed by atoms with Gasteiger partial charge in [-0.15, -0.1) is 0 Å². The molecule has 4 heteroatoms. The van der Waals surface area contributed by atoms with E-state index < -0.39 is 5.41 Å². The zero-order valence-corrected chi connectivity index (χ0v) is 12.0. The van der Waals surface area contributed by atoms with E-state index in [0.717, 1.165) is 45.2 Å². The van der Waals surface area contributed by atoms with Crippen LogP contribution >= 0.6 is 0 Å². The maximum absolute atomic E-state index is 12.3. The predicted molar refractivity (Wildman–Crippen MR) is 74.4 cm³/mol. The molecule has 1 aliphatic heterocycles. The van der Waals surface area contributed by atoms with Crippen LogP contribution in [-0.4, -0.2) is 36.5 Å². The normalized spacial score (nSPS) is 24.6. The van der Waals surface area contributed by atoms with Crippen LogP contribution in [0.1, 0.15) is 51.9 Å². The Labute approximate surface area is 116 Å². The van der Waals surface area contributed by atoms with Crippen molar-refractivity contribution in [2.75, 3.05) is 19.6 Å². The van der Waals surface area contributed by atoms with Gasteiger partial charge in [-0.3, -0.25) is 9.69 Å². The van der Waals surface area contributed by atoms with Crippen LogP contribution in [0.5, 0.6) is 0 Å². The van der Waals surface area contributed by atoms with E-state index in [4.69, 9.17) is 0 Å². The third-order valence-corrected chi connectivity index (χ3v) is 4.68. The van der Waals surface area contributed by atoms with Gasteiger partial charge in [0.1, 0.15) is 5.41 Å². The van der Waals surface area contributed by atoms with Crippen molar-refractivity contribution in [3.8, 4) is 6.07 Å². The van der Waals surface area contributed by atoms with Gasteiger partial charge in [-0.25, -0.2) is 0 Å². The van der Waals surface area contributed by atoms with Crippen molar-refractivity contribution in [3.05, 3.63) is 0 Å². The molecular weight excluding hydrogens is 238 g/mol. The van der Waals surface area contributed by atoms with E-state index in [-0.39, 0.29) is 5.91 Å². The quantitative estimate of drug-likeness (QED) is 0.844. The summed E-state index contributed by atoms with van der Waals surface area (Å²) in [6.07, 6.45) is 7.15. The first-order valence-corrected chi connectivity index (χ1v) is 7.61. The molecule has 1 saturated heterocycles. The van der Waals surface area contributed by atoms with Crippen molar-refractivity contribution in [2.45, 2.75) is 57.9 Å². The standard InChI is InChI=1S/C15H25N3O/c1-13(18-9-5-6-10-18)11-17-14(19)15(12-16)7-3-2-4-8-15/h13H,2-11H2,1H3,(H,17,19). The Kier molecular flexibility index (Phi) is 4.81. The van der Waals surface area contributed by atoms with Crippen LogP contribution in [0.3, 0.4) is 0 Å². The second kappa shape index (κ2) is 6.38. The molecule has 2 fully saturated rings. The van der Waals surface area contributed by atoms with Crippen molar-refractivity contribution in [1.29, 1.82) is 5.26 Å². The third-order valence-electron chi connectivity index (χ3n) is 4.68. The fourth-order valence-corrected chi connectivity index (χ4v) is 3.27. The molecule has 0 aromatic carbocycles. The summed E-state index contributed by atoms with van der Waals surface area (Å²) in [4.78, 5) is 14.7. The van der Waals surface area contributed by atoms with Crippen LogP contribution < -0.4 is 5.32 Å². The van der Waals surface area contributed by atoms with Crippen LogP contribution in [-0.2, 0) is 4.79 Å². The smallest absolute Gasteiger partial charge is 0.240 e. The molecule has 106 valence electrons. The number of likely N-dealkylation sites (tertiary alicyclic amines) is 1. The molecule has 2 rings (SSSR count). The number of hydrogen-bond acceptors (Lipinski definition) is 3. The van der Waals surface area contributed by atoms with Gasteiger partial charge in [-0.1, -0.05) is 19.3 Å². The molecule has 19 heavy (non-hydrogen) atoms. The summed E-state index contributed by atoms with van der Waals surface area (Å²) in [5.41, 5.74) is -0.747. The average Bonchev–Trinajstić information content (AvgIpc) is 2.99. The number of nitriles is 1. The highest BCUT2D eigenvalue weighted by molar-refractivity contribution is 5.85. The SMILES string of the molecule is CC(CNC(=O)C1(C#N)CCCCC1)N1CCCC1. The molecule has 0 radical (unpaired) electrons. The molecule has 0 bridgehead atoms. The van der Waals surface area contributed by atoms with Gasteiger partial charge in [0.25, 0.3) is 0 Å². The average molecular weight is 263 g/mol. The predicted octanol–water partition coefficient (Wildman–Crippen LogP) is 2.06. The molecule has 1 unspecified atom stereocenters. The van der Waals surface area contributed by atoms with Gasteiger partial charge in [-0.2, -0.15) is 5.26 Å². The molecule has 1 amide bonds. The maximum atomic E-state index is 12.3. The Morgan fingerprint density at radius 2 is 1.89 bits per heavy atom. The monoisotopic (exact) mass is 263 g/mol. The molecule has 2 aliphatic rings. The van der Waals surface area contributed by atoms with E-state index in [1.807, 2.05) is 0 Å². The lowest BCUT2D eigenvalue weighted by Crippen LogP contribution is -2.46. The number of carbonyl (C=O) groups excluding carboxylic acids is 1. The summed E-state index contributed by atoms with van der Waals surface area (Å²) in [5, 5.41) is 12.4. The first-order valence-electron chi connectivity index (χ1n) is 7.61. The number of rotatable bonds is 4. The van der Waals surface area contributed by atoms with Crippen molar-refractivity contribution < 1.29 is 4.79 Å². The second-order valence-electron chi connectivity index (χ2n) is 6.06. The fourth-order valence-electron chi connectivity index (χ4n) is 3.27. The Balaban J connectivity index is 1.84. The van der Waals surface area contributed by atoms with Crippen LogP contribution in [0.25, 0.3) is 0 Å². The van der Waals surface area contributed by atoms with Gasteiger partial charge in [0, 0.05) is 12.6 Å². The summed E-state index contributed by atoms with van der Waals surface area (Å²) in [6.45, 7) is 5.11. The second-order valence-corrected chi connectivity index (χ2v) is 6.06. The number of nitrogens with zero attached hydrogens (tertiary/aromatic N) is 2. The molecule has 1 N–H and O–H groups in total.